The van der Waals surface area contributed by atoms with Gasteiger partial charge in [-0.2, -0.15) is 0 Å². The molecule has 2 aliphatic rings. The Morgan fingerprint density at radius 2 is 2.04 bits per heavy atom. The van der Waals surface area contributed by atoms with Crippen molar-refractivity contribution in [2.24, 2.45) is 0 Å². The van der Waals surface area contributed by atoms with E-state index in [4.69, 9.17) is 0 Å². The molecule has 0 radical (unpaired) electrons. The number of nitrogens with one attached hydrogen (secondary N) is 2. The number of amides is 1. The maximum Gasteiger partial charge on any atom is 0.237 e. The zero-order valence-electron chi connectivity index (χ0n) is 13.6. The largest absolute Gasteiger partial charge is 0.351 e. The van der Waals surface area contributed by atoms with Crippen LogP contribution in [0.5, 0.6) is 0 Å². The van der Waals surface area contributed by atoms with Crippen LogP contribution in [-0.2, 0) is 17.8 Å². The molecule has 4 nitrogen and oxygen atoms in total. The molecule has 0 saturated carbocycles. The number of likely N-dealkylation sites (N-methyl/N-ethyl adjacent to an activating group) is 1. The fraction of sp³-hybridized carbons (Fsp3) is 0.588. The molecular weight excluding hydrogens is 333 g/mol. The van der Waals surface area contributed by atoms with Crippen LogP contribution < -0.4 is 10.6 Å². The number of halogens is 2. The van der Waals surface area contributed by atoms with Gasteiger partial charge in [0, 0.05) is 19.1 Å². The topological polar surface area (TPSA) is 44.4 Å². The van der Waals surface area contributed by atoms with Crippen molar-refractivity contribution in [1.29, 1.82) is 0 Å². The number of likely N-dealkylation sites (tertiary alicyclic amines) is 1. The van der Waals surface area contributed by atoms with E-state index < -0.39 is 0 Å². The maximum atomic E-state index is 12.5. The number of carbonyl (C=O) groups excluding carboxylic acids is 1. The van der Waals surface area contributed by atoms with Crippen LogP contribution in [0.4, 0.5) is 0 Å². The fourth-order valence-corrected chi connectivity index (χ4v) is 3.40. The summed E-state index contributed by atoms with van der Waals surface area (Å²) in [6.07, 6.45) is 3.08. The number of nitrogens with zero attached hydrogens (tertiary/aromatic N) is 1. The molecule has 2 unspecified atom stereocenters. The second kappa shape index (κ2) is 9.48. The quantitative estimate of drug-likeness (QED) is 0.868. The first-order chi connectivity index (χ1) is 10.3. The molecule has 0 aliphatic carbocycles. The molecule has 0 spiro atoms. The lowest BCUT2D eigenvalue weighted by Crippen LogP contribution is -2.54. The van der Waals surface area contributed by atoms with Crippen molar-refractivity contribution < 1.29 is 4.79 Å². The summed E-state index contributed by atoms with van der Waals surface area (Å²) in [5.41, 5.74) is 2.62. The minimum Gasteiger partial charge on any atom is -0.351 e. The van der Waals surface area contributed by atoms with Crippen LogP contribution in [0, 0.1) is 0 Å². The number of fused-ring (bicyclic) bond motifs is 1. The Bertz CT molecular complexity index is 512. The Hall–Kier alpha value is -0.810. The number of carbonyl (C=O) groups is 1. The molecule has 1 aromatic carbocycles. The van der Waals surface area contributed by atoms with Crippen molar-refractivity contribution in [2.45, 2.75) is 44.8 Å². The number of benzene rings is 1. The molecule has 2 heterocycles. The van der Waals surface area contributed by atoms with Crippen molar-refractivity contribution in [2.75, 3.05) is 19.6 Å². The third-order valence-electron chi connectivity index (χ3n) is 4.70. The summed E-state index contributed by atoms with van der Waals surface area (Å²) in [6.45, 7) is 6.20. The van der Waals surface area contributed by atoms with Crippen LogP contribution in [0.25, 0.3) is 0 Å². The van der Waals surface area contributed by atoms with Gasteiger partial charge in [-0.05, 0) is 43.5 Å². The van der Waals surface area contributed by atoms with Crippen LogP contribution in [0.3, 0.4) is 0 Å². The average Bonchev–Trinajstić information content (AvgIpc) is 2.54. The Labute approximate surface area is 151 Å². The molecule has 6 heteroatoms. The Kier molecular flexibility index (Phi) is 8.34. The number of rotatable bonds is 3. The zero-order chi connectivity index (χ0) is 14.7. The highest BCUT2D eigenvalue weighted by Gasteiger charge is 2.27. The van der Waals surface area contributed by atoms with E-state index in [1.807, 2.05) is 0 Å². The summed E-state index contributed by atoms with van der Waals surface area (Å²) in [7, 11) is 0. The van der Waals surface area contributed by atoms with E-state index in [1.54, 1.807) is 0 Å². The standard InChI is InChI=1S/C17H25N3O.2ClH/c1-2-20-9-5-8-15(12-20)19-17(21)16-10-13-6-3-4-7-14(13)11-18-16;;/h3-4,6-7,15-16,18H,2,5,8-12H2,1H3,(H,19,21);2*1H. The van der Waals surface area contributed by atoms with E-state index in [2.05, 4.69) is 46.7 Å². The average molecular weight is 360 g/mol. The van der Waals surface area contributed by atoms with E-state index in [1.165, 1.54) is 17.5 Å². The van der Waals surface area contributed by atoms with Gasteiger partial charge in [-0.1, -0.05) is 31.2 Å². The lowest BCUT2D eigenvalue weighted by Gasteiger charge is -2.34. The summed E-state index contributed by atoms with van der Waals surface area (Å²) < 4.78 is 0. The first kappa shape index (κ1) is 20.2. The Morgan fingerprint density at radius 1 is 1.30 bits per heavy atom. The molecule has 1 amide bonds. The van der Waals surface area contributed by atoms with E-state index in [0.29, 0.717) is 6.04 Å². The molecule has 130 valence electrons. The van der Waals surface area contributed by atoms with Gasteiger partial charge in [0.2, 0.25) is 5.91 Å². The molecule has 0 aromatic heterocycles. The second-order valence-electron chi connectivity index (χ2n) is 6.15. The Morgan fingerprint density at radius 3 is 2.78 bits per heavy atom. The summed E-state index contributed by atoms with van der Waals surface area (Å²) in [4.78, 5) is 14.9. The zero-order valence-corrected chi connectivity index (χ0v) is 15.2. The number of hydrogen-bond acceptors (Lipinski definition) is 3. The van der Waals surface area contributed by atoms with E-state index >= 15 is 0 Å². The molecule has 1 saturated heterocycles. The van der Waals surface area contributed by atoms with Gasteiger partial charge in [0.25, 0.3) is 0 Å². The SMILES string of the molecule is CCN1CCCC(NC(=O)C2Cc3ccccc3CN2)C1.Cl.Cl. The van der Waals surface area contributed by atoms with Gasteiger partial charge in [-0.15, -0.1) is 24.8 Å². The second-order valence-corrected chi connectivity index (χ2v) is 6.15. The van der Waals surface area contributed by atoms with Crippen LogP contribution in [0.1, 0.15) is 30.9 Å². The summed E-state index contributed by atoms with van der Waals surface area (Å²) in [5.74, 6) is 0.160. The monoisotopic (exact) mass is 359 g/mol. The number of hydrogen-bond donors (Lipinski definition) is 2. The van der Waals surface area contributed by atoms with E-state index in [0.717, 1.165) is 39.0 Å². The first-order valence-corrected chi connectivity index (χ1v) is 8.09. The fourth-order valence-electron chi connectivity index (χ4n) is 3.40. The normalized spacial score (nSPS) is 23.9. The Balaban J connectivity index is 0.00000132. The van der Waals surface area contributed by atoms with Gasteiger partial charge < -0.3 is 15.5 Å². The molecule has 3 rings (SSSR count). The van der Waals surface area contributed by atoms with Gasteiger partial charge in [0.15, 0.2) is 0 Å². The van der Waals surface area contributed by atoms with Crippen molar-refractivity contribution in [3.63, 3.8) is 0 Å². The van der Waals surface area contributed by atoms with Crippen LogP contribution in [0.15, 0.2) is 24.3 Å². The highest BCUT2D eigenvalue weighted by molar-refractivity contribution is 5.85. The van der Waals surface area contributed by atoms with Gasteiger partial charge >= 0.3 is 0 Å². The predicted molar refractivity (Wildman–Crippen MR) is 98.5 cm³/mol. The number of piperidine rings is 1. The van der Waals surface area contributed by atoms with Gasteiger partial charge in [-0.25, -0.2) is 0 Å². The highest BCUT2D eigenvalue weighted by Crippen LogP contribution is 2.17. The van der Waals surface area contributed by atoms with Crippen molar-refractivity contribution in [3.8, 4) is 0 Å². The minimum absolute atomic E-state index is 0. The van der Waals surface area contributed by atoms with E-state index in [9.17, 15) is 4.79 Å². The van der Waals surface area contributed by atoms with Gasteiger partial charge in [0.05, 0.1) is 6.04 Å². The van der Waals surface area contributed by atoms with Crippen LogP contribution in [0.2, 0.25) is 0 Å². The highest BCUT2D eigenvalue weighted by atomic mass is 35.5. The summed E-state index contributed by atoms with van der Waals surface area (Å²) in [5, 5.41) is 6.60. The lowest BCUT2D eigenvalue weighted by atomic mass is 9.95. The maximum absolute atomic E-state index is 12.5. The summed E-state index contributed by atoms with van der Waals surface area (Å²) in [6, 6.07) is 8.61. The first-order valence-electron chi connectivity index (χ1n) is 8.09. The molecule has 0 bridgehead atoms. The van der Waals surface area contributed by atoms with Crippen molar-refractivity contribution >= 4 is 30.7 Å². The minimum atomic E-state index is -0.0862. The molecular formula is C17H27Cl2N3O. The third-order valence-corrected chi connectivity index (χ3v) is 4.70. The molecule has 1 aromatic rings. The molecule has 2 N–H and O–H groups in total. The molecule has 1 fully saturated rings. The summed E-state index contributed by atoms with van der Waals surface area (Å²) >= 11 is 0. The van der Waals surface area contributed by atoms with Gasteiger partial charge in [0.1, 0.15) is 0 Å². The van der Waals surface area contributed by atoms with Crippen molar-refractivity contribution in [1.82, 2.24) is 15.5 Å². The molecule has 23 heavy (non-hydrogen) atoms. The van der Waals surface area contributed by atoms with Crippen LogP contribution in [-0.4, -0.2) is 42.5 Å². The van der Waals surface area contributed by atoms with Gasteiger partial charge in [-0.3, -0.25) is 4.79 Å². The lowest BCUT2D eigenvalue weighted by molar-refractivity contribution is -0.124. The predicted octanol–water partition coefficient (Wildman–Crippen LogP) is 2.14. The van der Waals surface area contributed by atoms with Crippen LogP contribution >= 0.6 is 24.8 Å². The molecule has 2 atom stereocenters. The molecule has 2 aliphatic heterocycles. The van der Waals surface area contributed by atoms with E-state index in [-0.39, 0.29) is 36.8 Å². The smallest absolute Gasteiger partial charge is 0.237 e. The third kappa shape index (κ3) is 5.08. The van der Waals surface area contributed by atoms with Crippen molar-refractivity contribution in [3.05, 3.63) is 35.4 Å².